The summed E-state index contributed by atoms with van der Waals surface area (Å²) in [7, 11) is -3.90. The Balaban J connectivity index is 1.64. The second-order valence-corrected chi connectivity index (χ2v) is 10.4. The topological polar surface area (TPSA) is 140 Å². The summed E-state index contributed by atoms with van der Waals surface area (Å²) in [4.78, 5) is 48.0. The van der Waals surface area contributed by atoms with Gasteiger partial charge in [-0.05, 0) is 43.7 Å². The highest BCUT2D eigenvalue weighted by Crippen LogP contribution is 2.41. The SMILES string of the molecule is CCOC(=O)c1cc(-c2ccccc2)sc1NC(=O)CNC(=O)c1cccc(OCP(=O)(O)OCC)c1. The van der Waals surface area contributed by atoms with Crippen molar-refractivity contribution in [2.45, 2.75) is 13.8 Å². The standard InChI is InChI=1S/C25H27N2O8PS/c1-3-33-25(30)20-14-21(17-9-6-5-7-10-17)37-24(20)27-22(28)15-26-23(29)18-11-8-12-19(13-18)34-16-36(31,32)35-4-2/h5-14H,3-4,15-16H2,1-2H3,(H,26,29)(H,27,28)(H,31,32). The van der Waals surface area contributed by atoms with Gasteiger partial charge in [0.1, 0.15) is 10.8 Å². The van der Waals surface area contributed by atoms with Gasteiger partial charge in [-0.2, -0.15) is 0 Å². The number of carbonyl (C=O) groups is 3. The van der Waals surface area contributed by atoms with E-state index >= 15 is 0 Å². The first-order chi connectivity index (χ1) is 17.7. The molecular formula is C25H27N2O8PS. The van der Waals surface area contributed by atoms with Gasteiger partial charge in [0.15, 0.2) is 6.35 Å². The molecule has 1 atom stereocenters. The molecule has 37 heavy (non-hydrogen) atoms. The van der Waals surface area contributed by atoms with Crippen molar-refractivity contribution < 1.29 is 37.8 Å². The Morgan fingerprint density at radius 3 is 2.46 bits per heavy atom. The predicted molar refractivity (Wildman–Crippen MR) is 140 cm³/mol. The molecule has 0 saturated carbocycles. The Morgan fingerprint density at radius 1 is 1.00 bits per heavy atom. The van der Waals surface area contributed by atoms with Gasteiger partial charge < -0.3 is 29.5 Å². The fraction of sp³-hybridized carbons (Fsp3) is 0.240. The highest BCUT2D eigenvalue weighted by molar-refractivity contribution is 7.52. The molecule has 12 heteroatoms. The molecule has 3 N–H and O–H groups in total. The number of hydrogen-bond acceptors (Lipinski definition) is 8. The van der Waals surface area contributed by atoms with Crippen LogP contribution in [-0.4, -0.2) is 48.8 Å². The summed E-state index contributed by atoms with van der Waals surface area (Å²) in [6.07, 6.45) is -0.567. The van der Waals surface area contributed by atoms with Crippen molar-refractivity contribution >= 4 is 41.7 Å². The number of esters is 1. The largest absolute Gasteiger partial charge is 0.481 e. The molecule has 0 fully saturated rings. The fourth-order valence-electron chi connectivity index (χ4n) is 3.14. The van der Waals surface area contributed by atoms with Crippen molar-refractivity contribution in [2.75, 3.05) is 31.4 Å². The lowest BCUT2D eigenvalue weighted by atomic mass is 10.1. The lowest BCUT2D eigenvalue weighted by Gasteiger charge is -2.12. The van der Waals surface area contributed by atoms with Crippen molar-refractivity contribution in [3.63, 3.8) is 0 Å². The third kappa shape index (κ3) is 8.26. The monoisotopic (exact) mass is 546 g/mol. The third-order valence-electron chi connectivity index (χ3n) is 4.77. The first-order valence-electron chi connectivity index (χ1n) is 11.4. The summed E-state index contributed by atoms with van der Waals surface area (Å²) in [5.74, 6) is -1.46. The van der Waals surface area contributed by atoms with Gasteiger partial charge >= 0.3 is 13.6 Å². The number of nitrogens with one attached hydrogen (secondary N) is 2. The van der Waals surface area contributed by atoms with Crippen molar-refractivity contribution in [3.8, 4) is 16.2 Å². The first-order valence-corrected chi connectivity index (χ1v) is 13.9. The van der Waals surface area contributed by atoms with E-state index in [0.717, 1.165) is 10.4 Å². The van der Waals surface area contributed by atoms with Crippen LogP contribution < -0.4 is 15.4 Å². The Hall–Kier alpha value is -3.50. The van der Waals surface area contributed by atoms with Crippen molar-refractivity contribution in [1.82, 2.24) is 5.32 Å². The quantitative estimate of drug-likeness (QED) is 0.223. The van der Waals surface area contributed by atoms with Gasteiger partial charge in [-0.15, -0.1) is 11.3 Å². The Labute approximate surface area is 218 Å². The van der Waals surface area contributed by atoms with E-state index in [0.29, 0.717) is 5.00 Å². The zero-order valence-electron chi connectivity index (χ0n) is 20.3. The van der Waals surface area contributed by atoms with Crippen molar-refractivity contribution in [2.24, 2.45) is 0 Å². The molecular weight excluding hydrogens is 519 g/mol. The average Bonchev–Trinajstić information content (AvgIpc) is 3.31. The molecule has 196 valence electrons. The van der Waals surface area contributed by atoms with Crippen molar-refractivity contribution in [3.05, 3.63) is 71.8 Å². The van der Waals surface area contributed by atoms with E-state index in [2.05, 4.69) is 10.6 Å². The van der Waals surface area contributed by atoms with E-state index in [-0.39, 0.29) is 36.6 Å². The molecule has 0 aliphatic carbocycles. The van der Waals surface area contributed by atoms with E-state index in [1.165, 1.54) is 35.6 Å². The molecule has 0 aliphatic rings. The minimum atomic E-state index is -3.90. The minimum absolute atomic E-state index is 0.0575. The highest BCUT2D eigenvalue weighted by atomic mass is 32.1. The van der Waals surface area contributed by atoms with Crippen LogP contribution in [0.2, 0.25) is 0 Å². The van der Waals surface area contributed by atoms with Gasteiger partial charge in [-0.1, -0.05) is 36.4 Å². The Kier molecular flexibility index (Phi) is 9.99. The Morgan fingerprint density at radius 2 is 1.76 bits per heavy atom. The van der Waals surface area contributed by atoms with Gasteiger partial charge in [0.25, 0.3) is 5.91 Å². The molecule has 0 radical (unpaired) electrons. The van der Waals surface area contributed by atoms with E-state index in [1.54, 1.807) is 19.9 Å². The number of carbonyl (C=O) groups excluding carboxylic acids is 3. The fourth-order valence-corrected chi connectivity index (χ4v) is 5.00. The molecule has 3 aromatic rings. The zero-order valence-corrected chi connectivity index (χ0v) is 22.0. The molecule has 2 amide bonds. The Bertz CT molecular complexity index is 1290. The number of rotatable bonds is 12. The molecule has 2 aromatic carbocycles. The molecule has 3 rings (SSSR count). The lowest BCUT2D eigenvalue weighted by Crippen LogP contribution is -2.33. The normalized spacial score (nSPS) is 12.3. The molecule has 0 spiro atoms. The van der Waals surface area contributed by atoms with Crippen molar-refractivity contribution in [1.29, 1.82) is 0 Å². The number of ether oxygens (including phenoxy) is 2. The number of benzene rings is 2. The summed E-state index contributed by atoms with van der Waals surface area (Å²) >= 11 is 1.22. The second kappa shape index (κ2) is 13.2. The molecule has 1 aromatic heterocycles. The first kappa shape index (κ1) is 28.1. The van der Waals surface area contributed by atoms with Crippen LogP contribution in [0, 0.1) is 0 Å². The summed E-state index contributed by atoms with van der Waals surface area (Å²) in [5.41, 5.74) is 1.29. The summed E-state index contributed by atoms with van der Waals surface area (Å²) in [6.45, 7) is 3.16. The molecule has 0 bridgehead atoms. The maximum atomic E-state index is 12.6. The van der Waals surface area contributed by atoms with Crippen LogP contribution in [-0.2, 0) is 18.6 Å². The van der Waals surface area contributed by atoms with E-state index in [9.17, 15) is 23.8 Å². The molecule has 1 heterocycles. The zero-order chi connectivity index (χ0) is 26.8. The van der Waals surface area contributed by atoms with E-state index < -0.39 is 31.7 Å². The summed E-state index contributed by atoms with van der Waals surface area (Å²) in [5, 5.41) is 5.49. The van der Waals surface area contributed by atoms with Gasteiger partial charge in [0.2, 0.25) is 5.91 Å². The van der Waals surface area contributed by atoms with Gasteiger partial charge in [-0.25, -0.2) is 4.79 Å². The van der Waals surface area contributed by atoms with Crippen LogP contribution in [0.3, 0.4) is 0 Å². The molecule has 1 unspecified atom stereocenters. The second-order valence-electron chi connectivity index (χ2n) is 7.53. The molecule has 10 nitrogen and oxygen atoms in total. The average molecular weight is 547 g/mol. The smallest absolute Gasteiger partial charge is 0.365 e. The summed E-state index contributed by atoms with van der Waals surface area (Å²) < 4.78 is 26.9. The van der Waals surface area contributed by atoms with Crippen LogP contribution in [0.5, 0.6) is 5.75 Å². The maximum absolute atomic E-state index is 12.6. The maximum Gasteiger partial charge on any atom is 0.365 e. The lowest BCUT2D eigenvalue weighted by molar-refractivity contribution is -0.115. The van der Waals surface area contributed by atoms with Gasteiger partial charge in [-0.3, -0.25) is 14.2 Å². The van der Waals surface area contributed by atoms with Crippen LogP contribution in [0.15, 0.2) is 60.7 Å². The van der Waals surface area contributed by atoms with Crippen LogP contribution in [0.4, 0.5) is 5.00 Å². The van der Waals surface area contributed by atoms with E-state index in [1.807, 2.05) is 30.3 Å². The predicted octanol–water partition coefficient (Wildman–Crippen LogP) is 4.52. The van der Waals surface area contributed by atoms with Crippen LogP contribution in [0.1, 0.15) is 34.6 Å². The minimum Gasteiger partial charge on any atom is -0.481 e. The van der Waals surface area contributed by atoms with Crippen LogP contribution >= 0.6 is 18.9 Å². The summed E-state index contributed by atoms with van der Waals surface area (Å²) in [6, 6.07) is 17.0. The third-order valence-corrected chi connectivity index (χ3v) is 6.99. The molecule has 0 saturated heterocycles. The van der Waals surface area contributed by atoms with Crippen LogP contribution in [0.25, 0.3) is 10.4 Å². The van der Waals surface area contributed by atoms with Gasteiger partial charge in [0.05, 0.1) is 25.3 Å². The van der Waals surface area contributed by atoms with Gasteiger partial charge in [0, 0.05) is 10.4 Å². The number of anilines is 1. The molecule has 0 aliphatic heterocycles. The number of hydrogen-bond donors (Lipinski definition) is 3. The van der Waals surface area contributed by atoms with E-state index in [4.69, 9.17) is 14.0 Å². The number of amides is 2. The number of thiophene rings is 1. The highest BCUT2D eigenvalue weighted by Gasteiger charge is 2.21.